The fourth-order valence-corrected chi connectivity index (χ4v) is 3.44. The molecule has 6 nitrogen and oxygen atoms in total. The van der Waals surface area contributed by atoms with Crippen LogP contribution in [0.1, 0.15) is 48.3 Å². The van der Waals surface area contributed by atoms with Gasteiger partial charge in [-0.3, -0.25) is 9.59 Å². The van der Waals surface area contributed by atoms with E-state index in [1.807, 2.05) is 0 Å². The molecule has 1 aliphatic heterocycles. The average Bonchev–Trinajstić information content (AvgIpc) is 3.05. The maximum atomic E-state index is 12.2. The van der Waals surface area contributed by atoms with E-state index in [-0.39, 0.29) is 17.8 Å². The van der Waals surface area contributed by atoms with Crippen molar-refractivity contribution in [3.63, 3.8) is 0 Å². The first kappa shape index (κ1) is 18.4. The van der Waals surface area contributed by atoms with E-state index in [2.05, 4.69) is 16.4 Å². The Labute approximate surface area is 146 Å². The van der Waals surface area contributed by atoms with Gasteiger partial charge in [-0.15, -0.1) is 0 Å². The van der Waals surface area contributed by atoms with Crippen LogP contribution >= 0.6 is 11.8 Å². The normalized spacial score (nSPS) is 18.0. The van der Waals surface area contributed by atoms with Crippen molar-refractivity contribution in [1.82, 2.24) is 10.3 Å². The maximum Gasteiger partial charge on any atom is 0.233 e. The first-order valence-electron chi connectivity index (χ1n) is 7.91. The summed E-state index contributed by atoms with van der Waals surface area (Å²) in [5.41, 5.74) is 1.32. The quantitative estimate of drug-likeness (QED) is 0.627. The van der Waals surface area contributed by atoms with E-state index in [4.69, 9.17) is 4.74 Å². The molecule has 1 N–H and O–H groups in total. The van der Waals surface area contributed by atoms with Gasteiger partial charge < -0.3 is 10.1 Å². The number of nitrogens with one attached hydrogen (secondary N) is 1. The minimum absolute atomic E-state index is 0.0936. The molecule has 2 rings (SSSR count). The van der Waals surface area contributed by atoms with E-state index in [9.17, 15) is 14.9 Å². The Morgan fingerprint density at radius 3 is 2.92 bits per heavy atom. The van der Waals surface area contributed by atoms with Crippen molar-refractivity contribution < 1.29 is 14.3 Å². The lowest BCUT2D eigenvalue weighted by Gasteiger charge is -2.15. The third kappa shape index (κ3) is 4.56. The highest BCUT2D eigenvalue weighted by molar-refractivity contribution is 8.00. The van der Waals surface area contributed by atoms with Gasteiger partial charge in [0.05, 0.1) is 16.9 Å². The first-order valence-corrected chi connectivity index (χ1v) is 8.79. The SMILES string of the molecule is CC(=O)c1cc(C#N)c(S[C@H](C)C(=O)NC[C@H]2CCCO2)nc1C. The van der Waals surface area contributed by atoms with Crippen molar-refractivity contribution in [2.45, 2.75) is 50.0 Å². The van der Waals surface area contributed by atoms with Gasteiger partial charge in [-0.1, -0.05) is 11.8 Å². The van der Waals surface area contributed by atoms with E-state index in [0.717, 1.165) is 19.4 Å². The number of hydrogen-bond acceptors (Lipinski definition) is 6. The lowest BCUT2D eigenvalue weighted by Crippen LogP contribution is -2.36. The summed E-state index contributed by atoms with van der Waals surface area (Å²) in [7, 11) is 0. The standard InChI is InChI=1S/C17H21N3O3S/c1-10-15(11(2)21)7-13(8-18)17(20-10)24-12(3)16(22)19-9-14-5-4-6-23-14/h7,12,14H,4-6,9H2,1-3H3,(H,19,22)/t12-,14-/m1/s1. The van der Waals surface area contributed by atoms with Crippen LogP contribution in [-0.2, 0) is 9.53 Å². The number of aromatic nitrogens is 1. The van der Waals surface area contributed by atoms with Crippen LogP contribution in [0.25, 0.3) is 0 Å². The molecule has 1 fully saturated rings. The Morgan fingerprint density at radius 2 is 2.33 bits per heavy atom. The molecule has 2 heterocycles. The molecular formula is C17H21N3O3S. The molecule has 1 amide bonds. The molecule has 7 heteroatoms. The van der Waals surface area contributed by atoms with Crippen molar-refractivity contribution in [2.24, 2.45) is 0 Å². The molecule has 0 aromatic carbocycles. The van der Waals surface area contributed by atoms with Crippen molar-refractivity contribution in [2.75, 3.05) is 13.2 Å². The van der Waals surface area contributed by atoms with Crippen LogP contribution in [0.15, 0.2) is 11.1 Å². The zero-order valence-corrected chi connectivity index (χ0v) is 14.9. The second-order valence-corrected chi connectivity index (χ2v) is 7.11. The number of Topliss-reactive ketones (excluding diaryl/α,β-unsaturated/α-hetero) is 1. The van der Waals surface area contributed by atoms with Gasteiger partial charge in [0, 0.05) is 24.4 Å². The molecule has 24 heavy (non-hydrogen) atoms. The summed E-state index contributed by atoms with van der Waals surface area (Å²) in [6, 6.07) is 3.60. The first-order chi connectivity index (χ1) is 11.4. The van der Waals surface area contributed by atoms with Crippen LogP contribution in [0.2, 0.25) is 0 Å². The molecule has 1 aromatic rings. The van der Waals surface area contributed by atoms with Gasteiger partial charge in [-0.2, -0.15) is 5.26 Å². The molecule has 0 spiro atoms. The number of ketones is 1. The van der Waals surface area contributed by atoms with E-state index >= 15 is 0 Å². The highest BCUT2D eigenvalue weighted by Gasteiger charge is 2.21. The molecule has 0 aliphatic carbocycles. The van der Waals surface area contributed by atoms with Crippen LogP contribution in [0.4, 0.5) is 0 Å². The number of nitriles is 1. The monoisotopic (exact) mass is 347 g/mol. The van der Waals surface area contributed by atoms with Crippen LogP contribution in [-0.4, -0.2) is 41.2 Å². The number of thioether (sulfide) groups is 1. The van der Waals surface area contributed by atoms with Gasteiger partial charge >= 0.3 is 0 Å². The number of carbonyl (C=O) groups excluding carboxylic acids is 2. The van der Waals surface area contributed by atoms with E-state index < -0.39 is 5.25 Å². The molecule has 0 radical (unpaired) electrons. The van der Waals surface area contributed by atoms with E-state index in [1.54, 1.807) is 19.9 Å². The molecule has 1 aliphatic rings. The fourth-order valence-electron chi connectivity index (χ4n) is 2.49. The zero-order chi connectivity index (χ0) is 17.7. The predicted molar refractivity (Wildman–Crippen MR) is 91.0 cm³/mol. The highest BCUT2D eigenvalue weighted by atomic mass is 32.2. The topological polar surface area (TPSA) is 92.1 Å². The van der Waals surface area contributed by atoms with Crippen LogP contribution in [0.5, 0.6) is 0 Å². The Kier molecular flexibility index (Phi) is 6.35. The van der Waals surface area contributed by atoms with Gasteiger partial charge in [-0.05, 0) is 39.7 Å². The van der Waals surface area contributed by atoms with E-state index in [0.29, 0.717) is 28.4 Å². The molecule has 1 saturated heterocycles. The van der Waals surface area contributed by atoms with Crippen LogP contribution in [0, 0.1) is 18.3 Å². The molecule has 128 valence electrons. The van der Waals surface area contributed by atoms with Gasteiger partial charge in [-0.25, -0.2) is 4.98 Å². The van der Waals surface area contributed by atoms with Gasteiger partial charge in [0.25, 0.3) is 0 Å². The summed E-state index contributed by atoms with van der Waals surface area (Å²) in [6.07, 6.45) is 2.09. The zero-order valence-electron chi connectivity index (χ0n) is 14.1. The molecule has 2 atom stereocenters. The van der Waals surface area contributed by atoms with Crippen molar-refractivity contribution in [3.05, 3.63) is 22.9 Å². The molecule has 0 unspecified atom stereocenters. The average molecular weight is 347 g/mol. The Morgan fingerprint density at radius 1 is 1.58 bits per heavy atom. The fraction of sp³-hybridized carbons (Fsp3) is 0.529. The molecule has 1 aromatic heterocycles. The summed E-state index contributed by atoms with van der Waals surface area (Å²) in [5.74, 6) is -0.245. The lowest BCUT2D eigenvalue weighted by atomic mass is 10.1. The van der Waals surface area contributed by atoms with Gasteiger partial charge in [0.15, 0.2) is 5.78 Å². The number of carbonyl (C=O) groups is 2. The molecular weight excluding hydrogens is 326 g/mol. The highest BCUT2D eigenvalue weighted by Crippen LogP contribution is 2.27. The van der Waals surface area contributed by atoms with Crippen molar-refractivity contribution >= 4 is 23.5 Å². The maximum absolute atomic E-state index is 12.2. The Hall–Kier alpha value is -1.91. The number of aryl methyl sites for hydroxylation is 1. The minimum atomic E-state index is -0.395. The number of amides is 1. The largest absolute Gasteiger partial charge is 0.376 e. The second-order valence-electron chi connectivity index (χ2n) is 5.78. The third-order valence-electron chi connectivity index (χ3n) is 3.86. The lowest BCUT2D eigenvalue weighted by molar-refractivity contribution is -0.120. The van der Waals surface area contributed by atoms with Gasteiger partial charge in [0.2, 0.25) is 5.91 Å². The van der Waals surface area contributed by atoms with Gasteiger partial charge in [0.1, 0.15) is 11.1 Å². The van der Waals surface area contributed by atoms with Crippen molar-refractivity contribution in [3.8, 4) is 6.07 Å². The summed E-state index contributed by atoms with van der Waals surface area (Å²) >= 11 is 1.22. The number of ether oxygens (including phenoxy) is 1. The Bertz CT molecular complexity index is 678. The summed E-state index contributed by atoms with van der Waals surface area (Å²) in [6.45, 7) is 6.20. The molecule has 0 saturated carbocycles. The molecule has 0 bridgehead atoms. The van der Waals surface area contributed by atoms with E-state index in [1.165, 1.54) is 18.7 Å². The van der Waals surface area contributed by atoms with Crippen LogP contribution < -0.4 is 5.32 Å². The third-order valence-corrected chi connectivity index (χ3v) is 4.97. The number of pyridine rings is 1. The van der Waals surface area contributed by atoms with Crippen molar-refractivity contribution in [1.29, 1.82) is 5.26 Å². The second kappa shape index (κ2) is 8.27. The Balaban J connectivity index is 2.03. The number of hydrogen-bond donors (Lipinski definition) is 1. The summed E-state index contributed by atoms with van der Waals surface area (Å²) in [4.78, 5) is 28.1. The smallest absolute Gasteiger partial charge is 0.233 e. The van der Waals surface area contributed by atoms with Crippen LogP contribution in [0.3, 0.4) is 0 Å². The minimum Gasteiger partial charge on any atom is -0.376 e. The number of rotatable bonds is 6. The number of nitrogens with zero attached hydrogens (tertiary/aromatic N) is 2. The summed E-state index contributed by atoms with van der Waals surface area (Å²) in [5, 5.41) is 12.2. The predicted octanol–water partition coefficient (Wildman–Crippen LogP) is 2.24. The summed E-state index contributed by atoms with van der Waals surface area (Å²) < 4.78 is 5.48.